The minimum atomic E-state index is 0.543. The van der Waals surface area contributed by atoms with E-state index in [1.807, 2.05) is 12.1 Å². The molecule has 0 saturated heterocycles. The van der Waals surface area contributed by atoms with E-state index in [0.717, 1.165) is 36.4 Å². The van der Waals surface area contributed by atoms with Gasteiger partial charge in [0.25, 0.3) is 0 Å². The monoisotopic (exact) mass is 232 g/mol. The number of fused-ring (bicyclic) bond motifs is 1. The van der Waals surface area contributed by atoms with Gasteiger partial charge in [-0.05, 0) is 37.6 Å². The highest BCUT2D eigenvalue weighted by Gasteiger charge is 2.05. The lowest BCUT2D eigenvalue weighted by molar-refractivity contribution is 0.500. The van der Waals surface area contributed by atoms with Crippen LogP contribution in [0.1, 0.15) is 31.7 Å². The van der Waals surface area contributed by atoms with E-state index in [0.29, 0.717) is 6.04 Å². The predicted octanol–water partition coefficient (Wildman–Crippen LogP) is 3.07. The van der Waals surface area contributed by atoms with Gasteiger partial charge in [-0.15, -0.1) is 0 Å². The van der Waals surface area contributed by atoms with Crippen LogP contribution in [0.3, 0.4) is 0 Å². The summed E-state index contributed by atoms with van der Waals surface area (Å²) in [7, 11) is 0. The molecule has 0 fully saturated rings. The number of benzene rings is 1. The second-order valence-corrected chi connectivity index (χ2v) is 4.79. The Balaban J connectivity index is 1.95. The van der Waals surface area contributed by atoms with Crippen LogP contribution in [0.15, 0.2) is 22.6 Å². The molecule has 1 aromatic heterocycles. The lowest BCUT2D eigenvalue weighted by Crippen LogP contribution is -2.23. The summed E-state index contributed by atoms with van der Waals surface area (Å²) < 4.78 is 5.72. The van der Waals surface area contributed by atoms with E-state index in [-0.39, 0.29) is 0 Å². The Labute approximate surface area is 102 Å². The Morgan fingerprint density at radius 3 is 2.94 bits per heavy atom. The molecule has 2 rings (SSSR count). The molecule has 3 nitrogen and oxygen atoms in total. The van der Waals surface area contributed by atoms with Gasteiger partial charge in [0.15, 0.2) is 11.5 Å². The van der Waals surface area contributed by atoms with Gasteiger partial charge in [-0.25, -0.2) is 4.98 Å². The summed E-state index contributed by atoms with van der Waals surface area (Å²) in [6.45, 7) is 7.38. The topological polar surface area (TPSA) is 38.1 Å². The van der Waals surface area contributed by atoms with Crippen LogP contribution in [0.25, 0.3) is 11.1 Å². The van der Waals surface area contributed by atoms with Crippen molar-refractivity contribution in [2.45, 2.75) is 39.7 Å². The zero-order valence-electron chi connectivity index (χ0n) is 10.8. The first-order chi connectivity index (χ1) is 8.15. The van der Waals surface area contributed by atoms with E-state index in [2.05, 4.69) is 37.1 Å². The number of aryl methyl sites for hydroxylation is 2. The van der Waals surface area contributed by atoms with E-state index in [9.17, 15) is 0 Å². The Hall–Kier alpha value is -1.35. The maximum atomic E-state index is 5.72. The molecule has 2 aromatic rings. The summed E-state index contributed by atoms with van der Waals surface area (Å²) in [4.78, 5) is 4.48. The van der Waals surface area contributed by atoms with Gasteiger partial charge in [0.2, 0.25) is 0 Å². The number of rotatable bonds is 5. The minimum Gasteiger partial charge on any atom is -0.441 e. The molecule has 17 heavy (non-hydrogen) atoms. The minimum absolute atomic E-state index is 0.543. The molecule has 0 bridgehead atoms. The highest BCUT2D eigenvalue weighted by molar-refractivity contribution is 5.73. The highest BCUT2D eigenvalue weighted by atomic mass is 16.3. The van der Waals surface area contributed by atoms with Crippen molar-refractivity contribution in [1.82, 2.24) is 10.3 Å². The van der Waals surface area contributed by atoms with Gasteiger partial charge in [0.05, 0.1) is 0 Å². The van der Waals surface area contributed by atoms with Crippen LogP contribution < -0.4 is 5.32 Å². The average molecular weight is 232 g/mol. The molecular weight excluding hydrogens is 212 g/mol. The molecule has 0 unspecified atom stereocenters. The van der Waals surface area contributed by atoms with Gasteiger partial charge in [0.1, 0.15) is 5.52 Å². The molecule has 1 N–H and O–H groups in total. The first-order valence-electron chi connectivity index (χ1n) is 6.24. The maximum Gasteiger partial charge on any atom is 0.195 e. The van der Waals surface area contributed by atoms with Crippen LogP contribution in [0, 0.1) is 6.92 Å². The first kappa shape index (κ1) is 12.1. The third-order valence-corrected chi connectivity index (χ3v) is 2.71. The summed E-state index contributed by atoms with van der Waals surface area (Å²) in [5.41, 5.74) is 3.07. The van der Waals surface area contributed by atoms with Crippen molar-refractivity contribution in [3.63, 3.8) is 0 Å². The molecule has 1 heterocycles. The number of nitrogens with zero attached hydrogens (tertiary/aromatic N) is 1. The predicted molar refractivity (Wildman–Crippen MR) is 70.2 cm³/mol. The van der Waals surface area contributed by atoms with Crippen LogP contribution in [0.4, 0.5) is 0 Å². The Morgan fingerprint density at radius 1 is 1.35 bits per heavy atom. The van der Waals surface area contributed by atoms with Crippen LogP contribution in [0.5, 0.6) is 0 Å². The Kier molecular flexibility index (Phi) is 3.79. The van der Waals surface area contributed by atoms with Crippen molar-refractivity contribution in [3.8, 4) is 0 Å². The number of oxazole rings is 1. The summed E-state index contributed by atoms with van der Waals surface area (Å²) in [5.74, 6) is 0.844. The van der Waals surface area contributed by atoms with Crippen LogP contribution in [-0.2, 0) is 6.42 Å². The van der Waals surface area contributed by atoms with E-state index >= 15 is 0 Å². The number of hydrogen-bond donors (Lipinski definition) is 1. The molecular formula is C14H20N2O. The summed E-state index contributed by atoms with van der Waals surface area (Å²) in [5, 5.41) is 3.39. The molecule has 0 saturated carbocycles. The zero-order chi connectivity index (χ0) is 12.3. The van der Waals surface area contributed by atoms with Crippen molar-refractivity contribution in [2.75, 3.05) is 6.54 Å². The fourth-order valence-corrected chi connectivity index (χ4v) is 1.82. The normalized spacial score (nSPS) is 11.5. The standard InChI is InChI=1S/C14H20N2O/c1-10(2)15-8-4-5-14-16-12-7-6-11(3)9-13(12)17-14/h6-7,9-10,15H,4-5,8H2,1-3H3. The third-order valence-electron chi connectivity index (χ3n) is 2.71. The number of aromatic nitrogens is 1. The first-order valence-corrected chi connectivity index (χ1v) is 6.24. The number of nitrogens with one attached hydrogen (secondary N) is 1. The summed E-state index contributed by atoms with van der Waals surface area (Å²) >= 11 is 0. The van der Waals surface area contributed by atoms with E-state index < -0.39 is 0 Å². The van der Waals surface area contributed by atoms with Crippen molar-refractivity contribution in [1.29, 1.82) is 0 Å². The molecule has 0 aliphatic carbocycles. The van der Waals surface area contributed by atoms with E-state index in [1.54, 1.807) is 0 Å². The molecule has 0 aliphatic rings. The molecule has 1 aromatic carbocycles. The SMILES string of the molecule is Cc1ccc2nc(CCCNC(C)C)oc2c1. The van der Waals surface area contributed by atoms with Gasteiger partial charge in [-0.2, -0.15) is 0 Å². The molecule has 0 atom stereocenters. The quantitative estimate of drug-likeness (QED) is 0.805. The van der Waals surface area contributed by atoms with Gasteiger partial charge in [-0.3, -0.25) is 0 Å². The molecule has 92 valence electrons. The maximum absolute atomic E-state index is 5.72. The largest absolute Gasteiger partial charge is 0.441 e. The molecule has 0 aliphatic heterocycles. The fraction of sp³-hybridized carbons (Fsp3) is 0.500. The van der Waals surface area contributed by atoms with Crippen molar-refractivity contribution in [2.24, 2.45) is 0 Å². The fourth-order valence-electron chi connectivity index (χ4n) is 1.82. The summed E-state index contributed by atoms with van der Waals surface area (Å²) in [6, 6.07) is 6.67. The van der Waals surface area contributed by atoms with Crippen molar-refractivity contribution < 1.29 is 4.42 Å². The van der Waals surface area contributed by atoms with E-state index in [1.165, 1.54) is 5.56 Å². The third kappa shape index (κ3) is 3.30. The van der Waals surface area contributed by atoms with Crippen LogP contribution in [0.2, 0.25) is 0 Å². The second-order valence-electron chi connectivity index (χ2n) is 4.79. The second kappa shape index (κ2) is 5.32. The van der Waals surface area contributed by atoms with Gasteiger partial charge < -0.3 is 9.73 Å². The van der Waals surface area contributed by atoms with Crippen LogP contribution >= 0.6 is 0 Å². The van der Waals surface area contributed by atoms with Crippen LogP contribution in [-0.4, -0.2) is 17.6 Å². The molecule has 0 radical (unpaired) electrons. The highest BCUT2D eigenvalue weighted by Crippen LogP contribution is 2.17. The smallest absolute Gasteiger partial charge is 0.195 e. The summed E-state index contributed by atoms with van der Waals surface area (Å²) in [6.07, 6.45) is 1.96. The Bertz CT molecular complexity index is 488. The average Bonchev–Trinajstić information content (AvgIpc) is 2.66. The molecule has 0 amide bonds. The molecule has 0 spiro atoms. The van der Waals surface area contributed by atoms with E-state index in [4.69, 9.17) is 4.42 Å². The zero-order valence-corrected chi connectivity index (χ0v) is 10.8. The lowest BCUT2D eigenvalue weighted by Gasteiger charge is -2.05. The van der Waals surface area contributed by atoms with Gasteiger partial charge in [-0.1, -0.05) is 19.9 Å². The van der Waals surface area contributed by atoms with Gasteiger partial charge in [0, 0.05) is 12.5 Å². The lowest BCUT2D eigenvalue weighted by atomic mass is 10.2. The molecule has 3 heteroatoms. The number of hydrogen-bond acceptors (Lipinski definition) is 3. The Morgan fingerprint density at radius 2 is 2.18 bits per heavy atom. The van der Waals surface area contributed by atoms with Gasteiger partial charge >= 0.3 is 0 Å². The van der Waals surface area contributed by atoms with Crippen molar-refractivity contribution >= 4 is 11.1 Å². The van der Waals surface area contributed by atoms with Crippen molar-refractivity contribution in [3.05, 3.63) is 29.7 Å².